The molecule has 1 fully saturated rings. The molecule has 0 spiro atoms. The minimum atomic E-state index is -3.57. The molecule has 1 aliphatic rings. The third-order valence-electron chi connectivity index (χ3n) is 5.92. The molecular weight excluding hydrogens is 491 g/mol. The number of amides is 1. The molecule has 1 heterocycles. The van der Waals surface area contributed by atoms with Crippen LogP contribution < -0.4 is 15.1 Å². The average Bonchev–Trinajstić information content (AvgIpc) is 2.84. The van der Waals surface area contributed by atoms with Gasteiger partial charge in [-0.15, -0.1) is 0 Å². The van der Waals surface area contributed by atoms with Crippen LogP contribution in [0, 0.1) is 5.82 Å². The quantitative estimate of drug-likeness (QED) is 0.528. The molecule has 7 nitrogen and oxygen atoms in total. The number of sulfonamides is 1. The minimum absolute atomic E-state index is 0.120. The molecule has 3 aromatic carbocycles. The van der Waals surface area contributed by atoms with Gasteiger partial charge in [0.05, 0.1) is 22.0 Å². The van der Waals surface area contributed by atoms with Crippen molar-refractivity contribution in [3.05, 3.63) is 83.1 Å². The Kier molecular flexibility index (Phi) is 7.30. The molecule has 4 rings (SSSR count). The Morgan fingerprint density at radius 1 is 0.914 bits per heavy atom. The van der Waals surface area contributed by atoms with Crippen LogP contribution in [-0.4, -0.2) is 58.9 Å². The van der Waals surface area contributed by atoms with Crippen LogP contribution in [0.1, 0.15) is 10.4 Å². The van der Waals surface area contributed by atoms with Gasteiger partial charge in [0.1, 0.15) is 5.82 Å². The summed E-state index contributed by atoms with van der Waals surface area (Å²) in [4.78, 5) is 17.1. The summed E-state index contributed by atoms with van der Waals surface area (Å²) in [6.07, 6.45) is 0. The van der Waals surface area contributed by atoms with Crippen molar-refractivity contribution in [3.63, 3.8) is 0 Å². The number of hydrogen-bond acceptors (Lipinski definition) is 5. The lowest BCUT2D eigenvalue weighted by Gasteiger charge is -2.38. The predicted octanol–water partition coefficient (Wildman–Crippen LogP) is 4.31. The van der Waals surface area contributed by atoms with E-state index in [4.69, 9.17) is 11.6 Å². The summed E-state index contributed by atoms with van der Waals surface area (Å²) in [6, 6.07) is 18.0. The second-order valence-electron chi connectivity index (χ2n) is 8.35. The van der Waals surface area contributed by atoms with Crippen LogP contribution in [0.15, 0.2) is 71.6 Å². The molecule has 35 heavy (non-hydrogen) atoms. The van der Waals surface area contributed by atoms with Crippen LogP contribution in [0.2, 0.25) is 5.02 Å². The van der Waals surface area contributed by atoms with Gasteiger partial charge < -0.3 is 15.1 Å². The molecule has 10 heteroatoms. The highest BCUT2D eigenvalue weighted by molar-refractivity contribution is 7.89. The minimum Gasteiger partial charge on any atom is -0.366 e. The maximum atomic E-state index is 14.3. The van der Waals surface area contributed by atoms with E-state index in [1.165, 1.54) is 44.4 Å². The molecule has 0 aromatic heterocycles. The van der Waals surface area contributed by atoms with Crippen molar-refractivity contribution in [2.75, 3.05) is 55.4 Å². The van der Waals surface area contributed by atoms with E-state index in [1.54, 1.807) is 12.1 Å². The average molecular weight is 517 g/mol. The Morgan fingerprint density at radius 3 is 2.11 bits per heavy atom. The van der Waals surface area contributed by atoms with E-state index in [0.29, 0.717) is 48.1 Å². The van der Waals surface area contributed by atoms with Crippen molar-refractivity contribution in [1.82, 2.24) is 4.31 Å². The summed E-state index contributed by atoms with van der Waals surface area (Å²) in [7, 11) is -0.654. The molecule has 0 atom stereocenters. The number of carbonyl (C=O) groups excluding carboxylic acids is 1. The predicted molar refractivity (Wildman–Crippen MR) is 138 cm³/mol. The van der Waals surface area contributed by atoms with Gasteiger partial charge in [-0.2, -0.15) is 0 Å². The van der Waals surface area contributed by atoms with Crippen LogP contribution in [0.3, 0.4) is 0 Å². The third kappa shape index (κ3) is 5.42. The normalized spacial score (nSPS) is 14.3. The highest BCUT2D eigenvalue weighted by Gasteiger charge is 2.22. The number of piperazine rings is 1. The molecule has 3 aromatic rings. The van der Waals surface area contributed by atoms with E-state index in [9.17, 15) is 17.6 Å². The van der Waals surface area contributed by atoms with E-state index in [1.807, 2.05) is 29.2 Å². The van der Waals surface area contributed by atoms with E-state index in [0.717, 1.165) is 9.99 Å². The second kappa shape index (κ2) is 10.2. The molecule has 1 N–H and O–H groups in total. The molecule has 0 unspecified atom stereocenters. The fraction of sp³-hybridized carbons (Fsp3) is 0.240. The number of anilines is 3. The van der Waals surface area contributed by atoms with E-state index < -0.39 is 10.0 Å². The van der Waals surface area contributed by atoms with Crippen LogP contribution in [-0.2, 0) is 10.0 Å². The summed E-state index contributed by atoms with van der Waals surface area (Å²) >= 11 is 5.87. The number of benzene rings is 3. The van der Waals surface area contributed by atoms with Gasteiger partial charge in [0.2, 0.25) is 10.0 Å². The SMILES string of the molecule is CN(C)S(=O)(=O)c1ccc(C(=O)Nc2ccccc2N2CCN(c3ccc(Cl)cc3F)CC2)cc1. The molecule has 0 radical (unpaired) electrons. The van der Waals surface area contributed by atoms with Crippen LogP contribution in [0.4, 0.5) is 21.5 Å². The Bertz CT molecular complexity index is 1320. The molecule has 0 saturated carbocycles. The van der Waals surface area contributed by atoms with Crippen LogP contribution in [0.5, 0.6) is 0 Å². The number of halogens is 2. The molecule has 0 aliphatic carbocycles. The lowest BCUT2D eigenvalue weighted by molar-refractivity contribution is 0.102. The van der Waals surface area contributed by atoms with E-state index in [2.05, 4.69) is 10.2 Å². The summed E-state index contributed by atoms with van der Waals surface area (Å²) in [5.41, 5.74) is 2.38. The van der Waals surface area contributed by atoms with Crippen molar-refractivity contribution < 1.29 is 17.6 Å². The third-order valence-corrected chi connectivity index (χ3v) is 7.98. The zero-order valence-electron chi connectivity index (χ0n) is 19.4. The summed E-state index contributed by atoms with van der Waals surface area (Å²) in [5.74, 6) is -0.684. The maximum absolute atomic E-state index is 14.3. The zero-order valence-corrected chi connectivity index (χ0v) is 21.0. The van der Waals surface area contributed by atoms with Crippen molar-refractivity contribution in [2.24, 2.45) is 0 Å². The summed E-state index contributed by atoms with van der Waals surface area (Å²) in [5, 5.41) is 3.30. The first-order valence-corrected chi connectivity index (χ1v) is 12.9. The molecule has 1 aliphatic heterocycles. The Balaban J connectivity index is 1.46. The first kappa shape index (κ1) is 25.0. The lowest BCUT2D eigenvalue weighted by atomic mass is 10.1. The monoisotopic (exact) mass is 516 g/mol. The highest BCUT2D eigenvalue weighted by atomic mass is 35.5. The van der Waals surface area contributed by atoms with Crippen molar-refractivity contribution >= 4 is 44.6 Å². The van der Waals surface area contributed by atoms with Crippen LogP contribution in [0.25, 0.3) is 0 Å². The molecule has 1 amide bonds. The van der Waals surface area contributed by atoms with Gasteiger partial charge in [-0.3, -0.25) is 4.79 Å². The van der Waals surface area contributed by atoms with Crippen molar-refractivity contribution in [2.45, 2.75) is 4.90 Å². The molecule has 0 bridgehead atoms. The number of nitrogens with zero attached hydrogens (tertiary/aromatic N) is 3. The highest BCUT2D eigenvalue weighted by Crippen LogP contribution is 2.29. The first-order valence-electron chi connectivity index (χ1n) is 11.0. The number of rotatable bonds is 6. The standard InChI is InChI=1S/C25H26ClFN4O3S/c1-29(2)35(33,34)20-10-7-18(8-11-20)25(32)28-22-5-3-4-6-24(22)31-15-13-30(14-16-31)23-12-9-19(26)17-21(23)27/h3-12,17H,13-16H2,1-2H3,(H,28,32). The van der Waals surface area contributed by atoms with Gasteiger partial charge >= 0.3 is 0 Å². The van der Waals surface area contributed by atoms with Gasteiger partial charge in [-0.25, -0.2) is 17.1 Å². The molecule has 1 saturated heterocycles. The fourth-order valence-electron chi connectivity index (χ4n) is 3.96. The largest absolute Gasteiger partial charge is 0.366 e. The topological polar surface area (TPSA) is 73.0 Å². The van der Waals surface area contributed by atoms with Gasteiger partial charge in [0.25, 0.3) is 5.91 Å². The summed E-state index contributed by atoms with van der Waals surface area (Å²) < 4.78 is 40.0. The Morgan fingerprint density at radius 2 is 1.51 bits per heavy atom. The fourth-order valence-corrected chi connectivity index (χ4v) is 5.03. The summed E-state index contributed by atoms with van der Waals surface area (Å²) in [6.45, 7) is 2.52. The van der Waals surface area contributed by atoms with Crippen molar-refractivity contribution in [3.8, 4) is 0 Å². The van der Waals surface area contributed by atoms with Gasteiger partial charge in [0.15, 0.2) is 0 Å². The first-order chi connectivity index (χ1) is 16.7. The Hall–Kier alpha value is -3.14. The molecule has 184 valence electrons. The smallest absolute Gasteiger partial charge is 0.255 e. The van der Waals surface area contributed by atoms with E-state index >= 15 is 0 Å². The van der Waals surface area contributed by atoms with Gasteiger partial charge in [0, 0.05) is 50.9 Å². The maximum Gasteiger partial charge on any atom is 0.255 e. The second-order valence-corrected chi connectivity index (χ2v) is 10.9. The van der Waals surface area contributed by atoms with Gasteiger partial charge in [-0.05, 0) is 54.6 Å². The van der Waals surface area contributed by atoms with Crippen LogP contribution >= 0.6 is 11.6 Å². The Labute approximate surface area is 209 Å². The number of carbonyl (C=O) groups is 1. The number of hydrogen-bond donors (Lipinski definition) is 1. The zero-order chi connectivity index (χ0) is 25.2. The number of para-hydroxylation sites is 2. The van der Waals surface area contributed by atoms with Crippen molar-refractivity contribution in [1.29, 1.82) is 0 Å². The van der Waals surface area contributed by atoms with E-state index in [-0.39, 0.29) is 16.6 Å². The molecular formula is C25H26ClFN4O3S. The van der Waals surface area contributed by atoms with Gasteiger partial charge in [-0.1, -0.05) is 23.7 Å². The number of nitrogens with one attached hydrogen (secondary N) is 1. The lowest BCUT2D eigenvalue weighted by Crippen LogP contribution is -2.47.